The average molecular weight is 281 g/mol. The third-order valence-corrected chi connectivity index (χ3v) is 4.24. The molecule has 2 aliphatic heterocycles. The molecule has 4 nitrogen and oxygen atoms in total. The molecule has 1 fully saturated rings. The summed E-state index contributed by atoms with van der Waals surface area (Å²) in [5, 5.41) is 0. The van der Waals surface area contributed by atoms with Crippen LogP contribution in [0.4, 0.5) is 11.4 Å². The lowest BCUT2D eigenvalue weighted by molar-refractivity contribution is -0.0449. The lowest BCUT2D eigenvalue weighted by atomic mass is 10.1. The van der Waals surface area contributed by atoms with Crippen LogP contribution in [0.15, 0.2) is 18.2 Å². The number of halogens is 1. The number of fused-ring (bicyclic) bond motifs is 1. The van der Waals surface area contributed by atoms with Crippen LogP contribution in [-0.4, -0.2) is 44.6 Å². The van der Waals surface area contributed by atoms with Gasteiger partial charge in [0, 0.05) is 25.8 Å². The number of anilines is 2. The molecular weight excluding hydrogens is 264 g/mol. The van der Waals surface area contributed by atoms with Crippen molar-refractivity contribution in [2.45, 2.75) is 18.7 Å². The van der Waals surface area contributed by atoms with Gasteiger partial charge < -0.3 is 14.5 Å². The van der Waals surface area contributed by atoms with Crippen LogP contribution in [0.1, 0.15) is 16.8 Å². The molecule has 2 atom stereocenters. The first-order chi connectivity index (χ1) is 9.24. The van der Waals surface area contributed by atoms with Gasteiger partial charge in [0.15, 0.2) is 0 Å². The number of rotatable bonds is 4. The van der Waals surface area contributed by atoms with Crippen molar-refractivity contribution in [2.75, 3.05) is 35.9 Å². The number of hydrogen-bond donors (Lipinski definition) is 0. The maximum absolute atomic E-state index is 11.0. The van der Waals surface area contributed by atoms with Crippen LogP contribution in [0.3, 0.4) is 0 Å². The molecule has 0 aromatic heterocycles. The molecule has 0 saturated carbocycles. The third kappa shape index (κ3) is 2.09. The van der Waals surface area contributed by atoms with E-state index in [2.05, 4.69) is 9.80 Å². The van der Waals surface area contributed by atoms with E-state index in [9.17, 15) is 4.79 Å². The van der Waals surface area contributed by atoms with Crippen LogP contribution in [0, 0.1) is 0 Å². The van der Waals surface area contributed by atoms with E-state index in [0.29, 0.717) is 11.4 Å². The maximum Gasteiger partial charge on any atom is 0.150 e. The minimum absolute atomic E-state index is 0.128. The van der Waals surface area contributed by atoms with Crippen LogP contribution in [-0.2, 0) is 4.74 Å². The smallest absolute Gasteiger partial charge is 0.150 e. The van der Waals surface area contributed by atoms with Crippen molar-refractivity contribution < 1.29 is 9.53 Å². The highest BCUT2D eigenvalue weighted by Crippen LogP contribution is 2.40. The van der Waals surface area contributed by atoms with Gasteiger partial charge in [-0.3, -0.25) is 4.79 Å². The highest BCUT2D eigenvalue weighted by atomic mass is 35.5. The SMILES string of the molecule is CN1c2ccc(C=O)cc2N(C[C@@H]2CCO2)C1CCl. The Kier molecular flexibility index (Phi) is 3.37. The summed E-state index contributed by atoms with van der Waals surface area (Å²) in [6, 6.07) is 5.77. The van der Waals surface area contributed by atoms with E-state index in [0.717, 1.165) is 37.2 Å². The van der Waals surface area contributed by atoms with Gasteiger partial charge in [-0.25, -0.2) is 0 Å². The molecule has 0 amide bonds. The third-order valence-electron chi connectivity index (χ3n) is 3.96. The van der Waals surface area contributed by atoms with Gasteiger partial charge >= 0.3 is 0 Å². The lowest BCUT2D eigenvalue weighted by Gasteiger charge is -2.35. The summed E-state index contributed by atoms with van der Waals surface area (Å²) in [6.45, 7) is 1.68. The van der Waals surface area contributed by atoms with E-state index < -0.39 is 0 Å². The van der Waals surface area contributed by atoms with Gasteiger partial charge in [0.05, 0.1) is 23.4 Å². The number of benzene rings is 1. The highest BCUT2D eigenvalue weighted by molar-refractivity contribution is 6.18. The Hall–Kier alpha value is -1.26. The monoisotopic (exact) mass is 280 g/mol. The quantitative estimate of drug-likeness (QED) is 0.625. The first-order valence-electron chi connectivity index (χ1n) is 6.51. The number of ether oxygens (including phenoxy) is 1. The molecule has 1 unspecified atom stereocenters. The minimum Gasteiger partial charge on any atom is -0.376 e. The molecule has 19 heavy (non-hydrogen) atoms. The van der Waals surface area contributed by atoms with Gasteiger partial charge in [0.1, 0.15) is 12.5 Å². The second-order valence-electron chi connectivity index (χ2n) is 5.05. The van der Waals surface area contributed by atoms with Crippen molar-refractivity contribution in [3.8, 4) is 0 Å². The van der Waals surface area contributed by atoms with Crippen molar-refractivity contribution in [3.05, 3.63) is 23.8 Å². The van der Waals surface area contributed by atoms with Gasteiger partial charge in [0.25, 0.3) is 0 Å². The zero-order chi connectivity index (χ0) is 13.4. The first-order valence-corrected chi connectivity index (χ1v) is 7.04. The molecule has 3 rings (SSSR count). The van der Waals surface area contributed by atoms with Crippen molar-refractivity contribution in [1.29, 1.82) is 0 Å². The van der Waals surface area contributed by atoms with Gasteiger partial charge in [-0.15, -0.1) is 11.6 Å². The molecule has 102 valence electrons. The molecule has 0 N–H and O–H groups in total. The molecule has 1 saturated heterocycles. The van der Waals surface area contributed by atoms with Crippen molar-refractivity contribution >= 4 is 29.3 Å². The largest absolute Gasteiger partial charge is 0.376 e. The molecule has 1 aromatic rings. The zero-order valence-electron chi connectivity index (χ0n) is 10.9. The predicted molar refractivity (Wildman–Crippen MR) is 76.4 cm³/mol. The molecule has 1 aromatic carbocycles. The van der Waals surface area contributed by atoms with E-state index in [4.69, 9.17) is 16.3 Å². The minimum atomic E-state index is 0.128. The molecule has 0 spiro atoms. The standard InChI is InChI=1S/C14H17ClN2O2/c1-16-12-3-2-10(9-18)6-13(12)17(14(16)7-15)8-11-4-5-19-11/h2-3,6,9,11,14H,4-5,7-8H2,1H3/t11-,14?/m0/s1. The summed E-state index contributed by atoms with van der Waals surface area (Å²) in [4.78, 5) is 15.4. The molecule has 0 aliphatic carbocycles. The summed E-state index contributed by atoms with van der Waals surface area (Å²) in [7, 11) is 2.04. The zero-order valence-corrected chi connectivity index (χ0v) is 11.6. The fourth-order valence-electron chi connectivity index (χ4n) is 2.73. The van der Waals surface area contributed by atoms with Crippen LogP contribution in [0.25, 0.3) is 0 Å². The average Bonchev–Trinajstić information content (AvgIpc) is 2.65. The summed E-state index contributed by atoms with van der Waals surface area (Å²) in [6.07, 6.45) is 2.39. The fraction of sp³-hybridized carbons (Fsp3) is 0.500. The lowest BCUT2D eigenvalue weighted by Crippen LogP contribution is -2.48. The Morgan fingerprint density at radius 1 is 1.47 bits per heavy atom. The number of nitrogens with zero attached hydrogens (tertiary/aromatic N) is 2. The van der Waals surface area contributed by atoms with Crippen molar-refractivity contribution in [2.24, 2.45) is 0 Å². The summed E-state index contributed by atoms with van der Waals surface area (Å²) >= 11 is 6.11. The highest BCUT2D eigenvalue weighted by Gasteiger charge is 2.35. The summed E-state index contributed by atoms with van der Waals surface area (Å²) < 4.78 is 5.52. The topological polar surface area (TPSA) is 32.8 Å². The molecule has 5 heteroatoms. The van der Waals surface area contributed by atoms with Gasteiger partial charge in [-0.1, -0.05) is 0 Å². The van der Waals surface area contributed by atoms with Crippen LogP contribution in [0.5, 0.6) is 0 Å². The number of hydrogen-bond acceptors (Lipinski definition) is 4. The normalized spacial score (nSPS) is 25.2. The molecule has 0 radical (unpaired) electrons. The number of carbonyl (C=O) groups excluding carboxylic acids is 1. The fourth-order valence-corrected chi connectivity index (χ4v) is 3.10. The Morgan fingerprint density at radius 3 is 2.84 bits per heavy atom. The van der Waals surface area contributed by atoms with Crippen LogP contribution < -0.4 is 9.80 Å². The Labute approximate surface area is 117 Å². The van der Waals surface area contributed by atoms with Crippen molar-refractivity contribution in [3.63, 3.8) is 0 Å². The number of carbonyl (C=O) groups is 1. The summed E-state index contributed by atoms with van der Waals surface area (Å²) in [5.41, 5.74) is 2.89. The number of aldehydes is 1. The second-order valence-corrected chi connectivity index (χ2v) is 5.35. The maximum atomic E-state index is 11.0. The van der Waals surface area contributed by atoms with Gasteiger partial charge in [-0.05, 0) is 24.6 Å². The van der Waals surface area contributed by atoms with E-state index in [1.54, 1.807) is 0 Å². The van der Waals surface area contributed by atoms with E-state index in [1.807, 2.05) is 25.2 Å². The van der Waals surface area contributed by atoms with Crippen molar-refractivity contribution in [1.82, 2.24) is 0 Å². The predicted octanol–water partition coefficient (Wildman–Crippen LogP) is 2.11. The van der Waals surface area contributed by atoms with E-state index in [-0.39, 0.29) is 12.3 Å². The van der Waals surface area contributed by atoms with Crippen LogP contribution >= 0.6 is 11.6 Å². The van der Waals surface area contributed by atoms with E-state index >= 15 is 0 Å². The molecule has 0 bridgehead atoms. The molecule has 2 aliphatic rings. The molecule has 2 heterocycles. The Bertz CT molecular complexity index is 490. The van der Waals surface area contributed by atoms with Crippen LogP contribution in [0.2, 0.25) is 0 Å². The van der Waals surface area contributed by atoms with Gasteiger partial charge in [0.2, 0.25) is 0 Å². The van der Waals surface area contributed by atoms with Gasteiger partial charge in [-0.2, -0.15) is 0 Å². The Balaban J connectivity index is 1.94. The van der Waals surface area contributed by atoms with E-state index in [1.165, 1.54) is 0 Å². The second kappa shape index (κ2) is 5.02. The Morgan fingerprint density at radius 2 is 2.26 bits per heavy atom. The number of alkyl halides is 1. The summed E-state index contributed by atoms with van der Waals surface area (Å²) in [5.74, 6) is 0.522. The molecular formula is C14H17ClN2O2. The first kappa shape index (κ1) is 12.8.